The summed E-state index contributed by atoms with van der Waals surface area (Å²) in [6.45, 7) is 8.82. The van der Waals surface area contributed by atoms with Crippen LogP contribution in [0, 0.1) is 5.92 Å². The van der Waals surface area contributed by atoms with E-state index in [1.54, 1.807) is 0 Å². The maximum Gasteiger partial charge on any atom is 0.221 e. The van der Waals surface area contributed by atoms with E-state index in [0.717, 1.165) is 51.6 Å². The van der Waals surface area contributed by atoms with E-state index in [1.807, 2.05) is 14.0 Å². The first-order chi connectivity index (χ1) is 10.2. The van der Waals surface area contributed by atoms with Crippen LogP contribution in [0.25, 0.3) is 0 Å². The highest BCUT2D eigenvalue weighted by Crippen LogP contribution is 2.13. The quantitative estimate of drug-likeness (QED) is 0.515. The van der Waals surface area contributed by atoms with Crippen molar-refractivity contribution in [1.29, 1.82) is 0 Å². The van der Waals surface area contributed by atoms with Crippen molar-refractivity contribution in [2.24, 2.45) is 10.9 Å². The summed E-state index contributed by atoms with van der Waals surface area (Å²) in [6, 6.07) is 0. The van der Waals surface area contributed by atoms with Crippen molar-refractivity contribution in [3.05, 3.63) is 0 Å². The van der Waals surface area contributed by atoms with Gasteiger partial charge in [-0.1, -0.05) is 6.92 Å². The molecule has 1 amide bonds. The zero-order valence-corrected chi connectivity index (χ0v) is 13.7. The second-order valence-electron chi connectivity index (χ2n) is 5.45. The fourth-order valence-electron chi connectivity index (χ4n) is 2.29. The molecule has 1 unspecified atom stereocenters. The molecular formula is C15H30N4O2. The van der Waals surface area contributed by atoms with Crippen LogP contribution in [0.4, 0.5) is 0 Å². The molecule has 0 bridgehead atoms. The molecule has 0 saturated carbocycles. The van der Waals surface area contributed by atoms with E-state index in [2.05, 4.69) is 27.4 Å². The molecule has 122 valence electrons. The molecule has 0 aromatic rings. The first-order valence-electron chi connectivity index (χ1n) is 8.01. The molecule has 1 aliphatic heterocycles. The number of carbonyl (C=O) groups excluding carboxylic acids is 1. The minimum absolute atomic E-state index is 0.0725. The summed E-state index contributed by atoms with van der Waals surface area (Å²) in [5.74, 6) is 1.52. The first-order valence-corrected chi connectivity index (χ1v) is 8.01. The van der Waals surface area contributed by atoms with Crippen molar-refractivity contribution in [2.75, 3.05) is 46.4 Å². The second kappa shape index (κ2) is 10.4. The summed E-state index contributed by atoms with van der Waals surface area (Å²) < 4.78 is 5.41. The van der Waals surface area contributed by atoms with E-state index >= 15 is 0 Å². The van der Waals surface area contributed by atoms with Crippen LogP contribution in [0.5, 0.6) is 0 Å². The van der Waals surface area contributed by atoms with Gasteiger partial charge in [0.25, 0.3) is 0 Å². The maximum atomic E-state index is 11.6. The topological polar surface area (TPSA) is 66.0 Å². The Balaban J connectivity index is 2.38. The van der Waals surface area contributed by atoms with Crippen LogP contribution in [-0.4, -0.2) is 63.2 Å². The zero-order chi connectivity index (χ0) is 15.5. The van der Waals surface area contributed by atoms with Crippen LogP contribution in [0.2, 0.25) is 0 Å². The molecule has 0 radical (unpaired) electrons. The predicted molar refractivity (Wildman–Crippen MR) is 85.5 cm³/mol. The second-order valence-corrected chi connectivity index (χ2v) is 5.45. The number of aliphatic imine (C=N–C) groups is 1. The fraction of sp³-hybridized carbons (Fsp3) is 0.867. The molecule has 1 saturated heterocycles. The third-order valence-electron chi connectivity index (χ3n) is 3.43. The molecule has 0 aromatic heterocycles. The van der Waals surface area contributed by atoms with Gasteiger partial charge in [0.05, 0.1) is 13.2 Å². The van der Waals surface area contributed by atoms with Crippen molar-refractivity contribution >= 4 is 11.9 Å². The number of hydrogen-bond acceptors (Lipinski definition) is 3. The van der Waals surface area contributed by atoms with Crippen molar-refractivity contribution < 1.29 is 9.53 Å². The Bertz CT molecular complexity index is 328. The van der Waals surface area contributed by atoms with Gasteiger partial charge in [0.15, 0.2) is 5.96 Å². The van der Waals surface area contributed by atoms with Gasteiger partial charge in [-0.2, -0.15) is 0 Å². The van der Waals surface area contributed by atoms with Crippen molar-refractivity contribution in [1.82, 2.24) is 15.5 Å². The molecule has 1 heterocycles. The molecule has 21 heavy (non-hydrogen) atoms. The molecule has 0 aliphatic carbocycles. The van der Waals surface area contributed by atoms with Gasteiger partial charge in [-0.05, 0) is 19.8 Å². The molecule has 2 N–H and O–H groups in total. The standard InChI is InChI=1S/C15H30N4O2/c1-4-8-17-14(20)6-9-18-15(16-5-2)19(3)11-13-7-10-21-12-13/h13H,4-12H2,1-3H3,(H,16,18)(H,17,20). The van der Waals surface area contributed by atoms with E-state index in [9.17, 15) is 4.79 Å². The Morgan fingerprint density at radius 1 is 1.38 bits per heavy atom. The number of rotatable bonds is 8. The molecule has 0 spiro atoms. The van der Waals surface area contributed by atoms with E-state index in [0.29, 0.717) is 18.9 Å². The van der Waals surface area contributed by atoms with Crippen LogP contribution >= 0.6 is 0 Å². The number of guanidine groups is 1. The normalized spacial score (nSPS) is 18.6. The van der Waals surface area contributed by atoms with Gasteiger partial charge in [0.2, 0.25) is 5.91 Å². The highest BCUT2D eigenvalue weighted by molar-refractivity contribution is 5.80. The number of ether oxygens (including phenoxy) is 1. The summed E-state index contributed by atoms with van der Waals surface area (Å²) in [5, 5.41) is 6.14. The zero-order valence-electron chi connectivity index (χ0n) is 13.7. The largest absolute Gasteiger partial charge is 0.381 e. The molecule has 1 rings (SSSR count). The Hall–Kier alpha value is -1.30. The number of amides is 1. The van der Waals surface area contributed by atoms with Crippen LogP contribution in [0.15, 0.2) is 4.99 Å². The number of carbonyl (C=O) groups is 1. The van der Waals surface area contributed by atoms with E-state index in [1.165, 1.54) is 0 Å². The van der Waals surface area contributed by atoms with E-state index < -0.39 is 0 Å². The summed E-state index contributed by atoms with van der Waals surface area (Å²) in [4.78, 5) is 18.2. The summed E-state index contributed by atoms with van der Waals surface area (Å²) in [7, 11) is 2.04. The smallest absolute Gasteiger partial charge is 0.221 e. The lowest BCUT2D eigenvalue weighted by atomic mass is 10.1. The molecule has 1 fully saturated rings. The fourth-order valence-corrected chi connectivity index (χ4v) is 2.29. The summed E-state index contributed by atoms with van der Waals surface area (Å²) >= 11 is 0. The SMILES string of the molecule is CCCNC(=O)CCN=C(NCC)N(C)CC1CCOC1. The monoisotopic (exact) mass is 298 g/mol. The van der Waals surface area contributed by atoms with Crippen LogP contribution in [0.1, 0.15) is 33.1 Å². The summed E-state index contributed by atoms with van der Waals surface area (Å²) in [6.07, 6.45) is 2.52. The Kier molecular flexibility index (Phi) is 8.82. The number of nitrogens with one attached hydrogen (secondary N) is 2. The Morgan fingerprint density at radius 3 is 2.81 bits per heavy atom. The lowest BCUT2D eigenvalue weighted by Crippen LogP contribution is -2.41. The van der Waals surface area contributed by atoms with Crippen molar-refractivity contribution in [3.63, 3.8) is 0 Å². The van der Waals surface area contributed by atoms with E-state index in [-0.39, 0.29) is 5.91 Å². The molecule has 1 aliphatic rings. The highest BCUT2D eigenvalue weighted by Gasteiger charge is 2.18. The average Bonchev–Trinajstić information content (AvgIpc) is 2.97. The average molecular weight is 298 g/mol. The molecular weight excluding hydrogens is 268 g/mol. The maximum absolute atomic E-state index is 11.6. The molecule has 6 heteroatoms. The van der Waals surface area contributed by atoms with Gasteiger partial charge in [-0.25, -0.2) is 0 Å². The van der Waals surface area contributed by atoms with Crippen LogP contribution < -0.4 is 10.6 Å². The lowest BCUT2D eigenvalue weighted by molar-refractivity contribution is -0.120. The Morgan fingerprint density at radius 2 is 2.19 bits per heavy atom. The van der Waals surface area contributed by atoms with Gasteiger partial charge in [0.1, 0.15) is 0 Å². The van der Waals surface area contributed by atoms with Crippen LogP contribution in [-0.2, 0) is 9.53 Å². The van der Waals surface area contributed by atoms with E-state index in [4.69, 9.17) is 4.74 Å². The van der Waals surface area contributed by atoms with Crippen molar-refractivity contribution in [3.8, 4) is 0 Å². The summed E-state index contributed by atoms with van der Waals surface area (Å²) in [5.41, 5.74) is 0. The van der Waals surface area contributed by atoms with Gasteiger partial charge >= 0.3 is 0 Å². The molecule has 0 aromatic carbocycles. The minimum Gasteiger partial charge on any atom is -0.381 e. The highest BCUT2D eigenvalue weighted by atomic mass is 16.5. The Labute approximate surface area is 128 Å². The van der Waals surface area contributed by atoms with Crippen molar-refractivity contribution in [2.45, 2.75) is 33.1 Å². The van der Waals surface area contributed by atoms with Gasteiger partial charge in [-0.3, -0.25) is 9.79 Å². The minimum atomic E-state index is 0.0725. The molecule has 6 nitrogen and oxygen atoms in total. The predicted octanol–water partition coefficient (Wildman–Crippen LogP) is 0.837. The number of nitrogens with zero attached hydrogens (tertiary/aromatic N) is 2. The van der Waals surface area contributed by atoms with Crippen LogP contribution in [0.3, 0.4) is 0 Å². The molecule has 1 atom stereocenters. The third kappa shape index (κ3) is 7.32. The number of hydrogen-bond donors (Lipinski definition) is 2. The van der Waals surface area contributed by atoms with Gasteiger partial charge in [-0.15, -0.1) is 0 Å². The van der Waals surface area contributed by atoms with Gasteiger partial charge < -0.3 is 20.3 Å². The first kappa shape index (κ1) is 17.8. The van der Waals surface area contributed by atoms with Gasteiger partial charge in [0, 0.05) is 45.6 Å². The third-order valence-corrected chi connectivity index (χ3v) is 3.43. The lowest BCUT2D eigenvalue weighted by Gasteiger charge is -2.24.